The molecule has 0 radical (unpaired) electrons. The summed E-state index contributed by atoms with van der Waals surface area (Å²) in [6, 6.07) is 4.57. The number of rotatable bonds is 7. The molecule has 0 heterocycles. The van der Waals surface area contributed by atoms with Gasteiger partial charge in [0.1, 0.15) is 0 Å². The van der Waals surface area contributed by atoms with Crippen LogP contribution in [0.25, 0.3) is 0 Å². The summed E-state index contributed by atoms with van der Waals surface area (Å²) in [5.41, 5.74) is 0.373. The van der Waals surface area contributed by atoms with Gasteiger partial charge in [-0.1, -0.05) is 43.0 Å². The molecule has 0 aromatic heterocycles. The minimum absolute atomic E-state index is 0.0504. The molecule has 0 fully saturated rings. The smallest absolute Gasteiger partial charge is 0.251 e. The molecule has 1 aromatic carbocycles. The Kier molecular flexibility index (Phi) is 7.41. The molecule has 4 nitrogen and oxygen atoms in total. The quantitative estimate of drug-likeness (QED) is 0.760. The lowest BCUT2D eigenvalue weighted by Crippen LogP contribution is -2.37. The van der Waals surface area contributed by atoms with Crippen molar-refractivity contribution < 1.29 is 9.59 Å². The zero-order valence-electron chi connectivity index (χ0n) is 11.3. The number of carbonyl (C=O) groups excluding carboxylic acids is 2. The molecule has 1 aromatic rings. The molecule has 0 unspecified atom stereocenters. The lowest BCUT2D eigenvalue weighted by Gasteiger charge is -2.07. The first kappa shape index (κ1) is 16.8. The van der Waals surface area contributed by atoms with Gasteiger partial charge >= 0.3 is 0 Å². The van der Waals surface area contributed by atoms with E-state index in [1.54, 1.807) is 12.1 Å². The van der Waals surface area contributed by atoms with Gasteiger partial charge in [-0.3, -0.25) is 9.59 Å². The van der Waals surface area contributed by atoms with Crippen molar-refractivity contribution in [3.05, 3.63) is 33.8 Å². The zero-order valence-corrected chi connectivity index (χ0v) is 12.9. The summed E-state index contributed by atoms with van der Waals surface area (Å²) in [7, 11) is 0. The maximum atomic E-state index is 11.8. The number of amides is 2. The van der Waals surface area contributed by atoms with E-state index < -0.39 is 0 Å². The van der Waals surface area contributed by atoms with E-state index in [1.165, 1.54) is 6.07 Å². The standard InChI is InChI=1S/C14H18Cl2N2O2/c1-2-3-4-7-17-13(19)9-18-14(20)10-5-6-11(15)12(16)8-10/h5-6,8H,2-4,7,9H2,1H3,(H,17,19)(H,18,20). The number of hydrogen-bond acceptors (Lipinski definition) is 2. The van der Waals surface area contributed by atoms with Crippen molar-refractivity contribution >= 4 is 35.0 Å². The summed E-state index contributed by atoms with van der Waals surface area (Å²) in [5, 5.41) is 5.97. The van der Waals surface area contributed by atoms with E-state index >= 15 is 0 Å². The average Bonchev–Trinajstić information content (AvgIpc) is 2.44. The van der Waals surface area contributed by atoms with Gasteiger partial charge < -0.3 is 10.6 Å². The molecule has 0 saturated heterocycles. The van der Waals surface area contributed by atoms with Crippen LogP contribution in [0, 0.1) is 0 Å². The second kappa shape index (κ2) is 8.82. The normalized spacial score (nSPS) is 10.2. The Morgan fingerprint density at radius 2 is 1.85 bits per heavy atom. The van der Waals surface area contributed by atoms with Crippen LogP contribution in [0.15, 0.2) is 18.2 Å². The van der Waals surface area contributed by atoms with Crippen LogP contribution in [0.1, 0.15) is 36.5 Å². The fraction of sp³-hybridized carbons (Fsp3) is 0.429. The minimum atomic E-state index is -0.354. The zero-order chi connectivity index (χ0) is 15.0. The third-order valence-corrected chi connectivity index (χ3v) is 3.43. The van der Waals surface area contributed by atoms with E-state index in [2.05, 4.69) is 17.6 Å². The summed E-state index contributed by atoms with van der Waals surface area (Å²) >= 11 is 11.6. The molecule has 6 heteroatoms. The van der Waals surface area contributed by atoms with Crippen molar-refractivity contribution in [3.63, 3.8) is 0 Å². The van der Waals surface area contributed by atoms with Crippen molar-refractivity contribution in [1.82, 2.24) is 10.6 Å². The predicted octanol–water partition coefficient (Wildman–Crippen LogP) is 3.03. The monoisotopic (exact) mass is 316 g/mol. The van der Waals surface area contributed by atoms with E-state index in [0.717, 1.165) is 19.3 Å². The molecule has 0 saturated carbocycles. The van der Waals surface area contributed by atoms with Gasteiger partial charge in [-0.25, -0.2) is 0 Å². The van der Waals surface area contributed by atoms with E-state index in [0.29, 0.717) is 22.2 Å². The Hall–Kier alpha value is -1.26. The highest BCUT2D eigenvalue weighted by Gasteiger charge is 2.09. The SMILES string of the molecule is CCCCCNC(=O)CNC(=O)c1ccc(Cl)c(Cl)c1. The van der Waals surface area contributed by atoms with Gasteiger partial charge in [0.05, 0.1) is 16.6 Å². The highest BCUT2D eigenvalue weighted by molar-refractivity contribution is 6.42. The number of unbranched alkanes of at least 4 members (excludes halogenated alkanes) is 2. The number of carbonyl (C=O) groups is 2. The lowest BCUT2D eigenvalue weighted by molar-refractivity contribution is -0.120. The van der Waals surface area contributed by atoms with Gasteiger partial charge in [-0.2, -0.15) is 0 Å². The number of hydrogen-bond donors (Lipinski definition) is 2. The highest BCUT2D eigenvalue weighted by atomic mass is 35.5. The molecule has 2 N–H and O–H groups in total. The Balaban J connectivity index is 2.35. The summed E-state index contributed by atoms with van der Waals surface area (Å²) in [6.45, 7) is 2.68. The van der Waals surface area contributed by atoms with E-state index in [9.17, 15) is 9.59 Å². The van der Waals surface area contributed by atoms with Crippen LogP contribution in [0.5, 0.6) is 0 Å². The second-order valence-corrected chi connectivity index (χ2v) is 5.18. The molecular formula is C14H18Cl2N2O2. The fourth-order valence-electron chi connectivity index (χ4n) is 1.57. The van der Waals surface area contributed by atoms with E-state index in [4.69, 9.17) is 23.2 Å². The molecule has 0 aliphatic rings. The maximum Gasteiger partial charge on any atom is 0.251 e. The Morgan fingerprint density at radius 1 is 1.10 bits per heavy atom. The number of nitrogens with one attached hydrogen (secondary N) is 2. The van der Waals surface area contributed by atoms with Crippen molar-refractivity contribution in [1.29, 1.82) is 0 Å². The summed E-state index contributed by atoms with van der Waals surface area (Å²) in [5.74, 6) is -0.554. The topological polar surface area (TPSA) is 58.2 Å². The van der Waals surface area contributed by atoms with Crippen molar-refractivity contribution in [2.45, 2.75) is 26.2 Å². The molecule has 0 spiro atoms. The first-order valence-corrected chi connectivity index (χ1v) is 7.30. The Labute approximate surface area is 128 Å². The molecular weight excluding hydrogens is 299 g/mol. The molecule has 0 atom stereocenters. The first-order chi connectivity index (χ1) is 9.54. The van der Waals surface area contributed by atoms with Gasteiger partial charge in [0, 0.05) is 12.1 Å². The first-order valence-electron chi connectivity index (χ1n) is 6.54. The second-order valence-electron chi connectivity index (χ2n) is 4.37. The number of halogens is 2. The molecule has 2 amide bonds. The van der Waals surface area contributed by atoms with E-state index in [-0.39, 0.29) is 18.4 Å². The van der Waals surface area contributed by atoms with Crippen LogP contribution < -0.4 is 10.6 Å². The predicted molar refractivity (Wildman–Crippen MR) is 81.3 cm³/mol. The summed E-state index contributed by atoms with van der Waals surface area (Å²) < 4.78 is 0. The summed E-state index contributed by atoms with van der Waals surface area (Å²) in [4.78, 5) is 23.3. The number of benzene rings is 1. The van der Waals surface area contributed by atoms with Crippen LogP contribution in [-0.4, -0.2) is 24.9 Å². The lowest BCUT2D eigenvalue weighted by atomic mass is 10.2. The van der Waals surface area contributed by atoms with Gasteiger partial charge in [0.2, 0.25) is 5.91 Å². The van der Waals surface area contributed by atoms with Gasteiger partial charge in [0.25, 0.3) is 5.91 Å². The third-order valence-electron chi connectivity index (χ3n) is 2.69. The van der Waals surface area contributed by atoms with Gasteiger partial charge in [-0.05, 0) is 24.6 Å². The molecule has 110 valence electrons. The molecule has 1 rings (SSSR count). The van der Waals surface area contributed by atoms with Crippen molar-refractivity contribution in [3.8, 4) is 0 Å². The fourth-order valence-corrected chi connectivity index (χ4v) is 1.86. The molecule has 0 aliphatic carbocycles. The van der Waals surface area contributed by atoms with Crippen molar-refractivity contribution in [2.75, 3.05) is 13.1 Å². The molecule has 0 aliphatic heterocycles. The summed E-state index contributed by atoms with van der Waals surface area (Å²) in [6.07, 6.45) is 3.13. The Bertz CT molecular complexity index is 478. The largest absolute Gasteiger partial charge is 0.355 e. The van der Waals surface area contributed by atoms with Crippen LogP contribution in [0.4, 0.5) is 0 Å². The van der Waals surface area contributed by atoms with Crippen LogP contribution in [-0.2, 0) is 4.79 Å². The van der Waals surface area contributed by atoms with Crippen molar-refractivity contribution in [2.24, 2.45) is 0 Å². The Morgan fingerprint density at radius 3 is 2.50 bits per heavy atom. The van der Waals surface area contributed by atoms with Gasteiger partial charge in [0.15, 0.2) is 0 Å². The third kappa shape index (κ3) is 5.80. The maximum absolute atomic E-state index is 11.8. The minimum Gasteiger partial charge on any atom is -0.355 e. The molecule has 20 heavy (non-hydrogen) atoms. The highest BCUT2D eigenvalue weighted by Crippen LogP contribution is 2.22. The van der Waals surface area contributed by atoms with E-state index in [1.807, 2.05) is 0 Å². The van der Waals surface area contributed by atoms with Crippen LogP contribution >= 0.6 is 23.2 Å². The molecule has 0 bridgehead atoms. The van der Waals surface area contributed by atoms with Crippen LogP contribution in [0.3, 0.4) is 0 Å². The average molecular weight is 317 g/mol. The van der Waals surface area contributed by atoms with Crippen LogP contribution in [0.2, 0.25) is 10.0 Å². The van der Waals surface area contributed by atoms with Gasteiger partial charge in [-0.15, -0.1) is 0 Å².